The van der Waals surface area contributed by atoms with E-state index in [4.69, 9.17) is 15.2 Å². The lowest BCUT2D eigenvalue weighted by atomic mass is 9.96. The van der Waals surface area contributed by atoms with Gasteiger partial charge in [-0.1, -0.05) is 25.5 Å². The normalized spacial score (nSPS) is 19.7. The number of nitrogens with two attached hydrogens (primary N) is 1. The lowest BCUT2D eigenvalue weighted by Gasteiger charge is -2.33. The zero-order chi connectivity index (χ0) is 15.5. The Morgan fingerprint density at radius 2 is 2.10 bits per heavy atom. The van der Waals surface area contributed by atoms with E-state index in [2.05, 4.69) is 0 Å². The average molecular weight is 292 g/mol. The molecule has 21 heavy (non-hydrogen) atoms. The Hall–Kier alpha value is -1.75. The standard InChI is InChI=1S/C16H24N2O3/c1-4-9-16(2,17)15(19)18(3)10-12-11-20-13-7-5-6-8-14(13)21-12/h5-8,12H,4,9-11,17H2,1-3H3. The molecule has 1 aromatic carbocycles. The molecule has 0 fully saturated rings. The van der Waals surface area contributed by atoms with Crippen molar-refractivity contribution in [2.24, 2.45) is 5.73 Å². The topological polar surface area (TPSA) is 64.8 Å². The van der Waals surface area contributed by atoms with E-state index < -0.39 is 5.54 Å². The first kappa shape index (κ1) is 15.6. The third-order valence-corrected chi connectivity index (χ3v) is 3.65. The SMILES string of the molecule is CCCC(C)(N)C(=O)N(C)CC1COc2ccccc2O1. The van der Waals surface area contributed by atoms with Crippen molar-refractivity contribution in [2.45, 2.75) is 38.3 Å². The van der Waals surface area contributed by atoms with Gasteiger partial charge in [-0.05, 0) is 25.5 Å². The number of amides is 1. The second kappa shape index (κ2) is 6.35. The lowest BCUT2D eigenvalue weighted by molar-refractivity contribution is -0.136. The molecule has 1 aliphatic heterocycles. The third kappa shape index (κ3) is 3.67. The first-order valence-corrected chi connectivity index (χ1v) is 7.37. The van der Waals surface area contributed by atoms with E-state index in [1.54, 1.807) is 18.9 Å². The second-order valence-corrected chi connectivity index (χ2v) is 5.85. The minimum atomic E-state index is -0.822. The summed E-state index contributed by atoms with van der Waals surface area (Å²) in [6, 6.07) is 7.55. The summed E-state index contributed by atoms with van der Waals surface area (Å²) < 4.78 is 11.5. The summed E-state index contributed by atoms with van der Waals surface area (Å²) in [5, 5.41) is 0. The Labute approximate surface area is 126 Å². The predicted molar refractivity (Wildman–Crippen MR) is 81.5 cm³/mol. The van der Waals surface area contributed by atoms with Crippen LogP contribution >= 0.6 is 0 Å². The molecule has 1 aromatic rings. The summed E-state index contributed by atoms with van der Waals surface area (Å²) in [5.74, 6) is 1.41. The highest BCUT2D eigenvalue weighted by atomic mass is 16.6. The van der Waals surface area contributed by atoms with E-state index in [1.807, 2.05) is 31.2 Å². The van der Waals surface area contributed by atoms with Crippen LogP contribution in [0.5, 0.6) is 11.5 Å². The molecule has 2 rings (SSSR count). The molecule has 0 saturated heterocycles. The molecule has 1 amide bonds. The van der Waals surface area contributed by atoms with Gasteiger partial charge in [-0.25, -0.2) is 0 Å². The minimum absolute atomic E-state index is 0.0631. The van der Waals surface area contributed by atoms with E-state index in [0.717, 1.165) is 17.9 Å². The smallest absolute Gasteiger partial charge is 0.242 e. The van der Waals surface area contributed by atoms with Gasteiger partial charge in [0.25, 0.3) is 0 Å². The van der Waals surface area contributed by atoms with Crippen molar-refractivity contribution in [1.82, 2.24) is 4.90 Å². The van der Waals surface area contributed by atoms with Crippen molar-refractivity contribution in [3.8, 4) is 11.5 Å². The number of benzene rings is 1. The summed E-state index contributed by atoms with van der Waals surface area (Å²) in [6.45, 7) is 4.70. The lowest BCUT2D eigenvalue weighted by Crippen LogP contribution is -2.54. The quantitative estimate of drug-likeness (QED) is 0.899. The largest absolute Gasteiger partial charge is 0.486 e. The van der Waals surface area contributed by atoms with Crippen molar-refractivity contribution >= 4 is 5.91 Å². The van der Waals surface area contributed by atoms with Crippen LogP contribution in [0.4, 0.5) is 0 Å². The van der Waals surface area contributed by atoms with E-state index in [0.29, 0.717) is 19.6 Å². The zero-order valence-corrected chi connectivity index (χ0v) is 13.0. The molecule has 2 N–H and O–H groups in total. The van der Waals surface area contributed by atoms with Crippen LogP contribution in [-0.2, 0) is 4.79 Å². The summed E-state index contributed by atoms with van der Waals surface area (Å²) in [6.07, 6.45) is 1.37. The van der Waals surface area contributed by atoms with E-state index >= 15 is 0 Å². The van der Waals surface area contributed by atoms with Crippen molar-refractivity contribution in [3.63, 3.8) is 0 Å². The Morgan fingerprint density at radius 3 is 2.76 bits per heavy atom. The van der Waals surface area contributed by atoms with Crippen LogP contribution in [0.25, 0.3) is 0 Å². The molecule has 5 nitrogen and oxygen atoms in total. The van der Waals surface area contributed by atoms with Crippen LogP contribution in [0.1, 0.15) is 26.7 Å². The van der Waals surface area contributed by atoms with Crippen molar-refractivity contribution < 1.29 is 14.3 Å². The maximum Gasteiger partial charge on any atom is 0.242 e. The molecule has 1 aliphatic rings. The van der Waals surface area contributed by atoms with Crippen LogP contribution in [0.3, 0.4) is 0 Å². The van der Waals surface area contributed by atoms with Crippen LogP contribution in [-0.4, -0.2) is 42.6 Å². The van der Waals surface area contributed by atoms with Crippen molar-refractivity contribution in [3.05, 3.63) is 24.3 Å². The van der Waals surface area contributed by atoms with Gasteiger partial charge < -0.3 is 20.1 Å². The van der Waals surface area contributed by atoms with Gasteiger partial charge in [-0.2, -0.15) is 0 Å². The third-order valence-electron chi connectivity index (χ3n) is 3.65. The van der Waals surface area contributed by atoms with Crippen molar-refractivity contribution in [2.75, 3.05) is 20.2 Å². The van der Waals surface area contributed by atoms with E-state index in [-0.39, 0.29) is 12.0 Å². The van der Waals surface area contributed by atoms with E-state index in [9.17, 15) is 4.79 Å². The molecule has 5 heteroatoms. The molecule has 2 atom stereocenters. The number of nitrogens with zero attached hydrogens (tertiary/aromatic N) is 1. The number of rotatable bonds is 5. The zero-order valence-electron chi connectivity index (χ0n) is 13.0. The highest BCUT2D eigenvalue weighted by Crippen LogP contribution is 2.31. The van der Waals surface area contributed by atoms with Crippen LogP contribution in [0, 0.1) is 0 Å². The monoisotopic (exact) mass is 292 g/mol. The first-order chi connectivity index (χ1) is 9.94. The van der Waals surface area contributed by atoms with Gasteiger partial charge in [-0.3, -0.25) is 4.79 Å². The summed E-state index contributed by atoms with van der Waals surface area (Å²) in [7, 11) is 1.76. The number of para-hydroxylation sites is 2. The Kier molecular flexibility index (Phi) is 4.73. The minimum Gasteiger partial charge on any atom is -0.486 e. The molecular weight excluding hydrogens is 268 g/mol. The Balaban J connectivity index is 1.95. The summed E-state index contributed by atoms with van der Waals surface area (Å²) >= 11 is 0. The second-order valence-electron chi connectivity index (χ2n) is 5.85. The Morgan fingerprint density at radius 1 is 1.43 bits per heavy atom. The fourth-order valence-electron chi connectivity index (χ4n) is 2.60. The van der Waals surface area contributed by atoms with Gasteiger partial charge in [0.2, 0.25) is 5.91 Å². The van der Waals surface area contributed by atoms with Crippen LogP contribution < -0.4 is 15.2 Å². The summed E-state index contributed by atoms with van der Waals surface area (Å²) in [4.78, 5) is 14.0. The molecule has 2 unspecified atom stereocenters. The summed E-state index contributed by atoms with van der Waals surface area (Å²) in [5.41, 5.74) is 5.27. The Bertz CT molecular complexity index is 502. The maximum absolute atomic E-state index is 12.4. The molecule has 0 spiro atoms. The molecule has 0 aliphatic carbocycles. The number of carbonyl (C=O) groups is 1. The molecule has 116 valence electrons. The number of hydrogen-bond donors (Lipinski definition) is 1. The highest BCUT2D eigenvalue weighted by Gasteiger charge is 2.32. The first-order valence-electron chi connectivity index (χ1n) is 7.37. The van der Waals surface area contributed by atoms with Gasteiger partial charge in [0.1, 0.15) is 6.61 Å². The predicted octanol–water partition coefficient (Wildman–Crippen LogP) is 1.80. The molecule has 0 saturated carbocycles. The molecular formula is C16H24N2O3. The number of likely N-dealkylation sites (N-methyl/N-ethyl adjacent to an activating group) is 1. The van der Waals surface area contributed by atoms with Gasteiger partial charge >= 0.3 is 0 Å². The highest BCUT2D eigenvalue weighted by molar-refractivity contribution is 5.85. The number of fused-ring (bicyclic) bond motifs is 1. The van der Waals surface area contributed by atoms with Gasteiger partial charge in [0, 0.05) is 7.05 Å². The fraction of sp³-hybridized carbons (Fsp3) is 0.562. The molecule has 0 bridgehead atoms. The number of carbonyl (C=O) groups excluding carboxylic acids is 1. The van der Waals surface area contributed by atoms with Crippen LogP contribution in [0.15, 0.2) is 24.3 Å². The maximum atomic E-state index is 12.4. The van der Waals surface area contributed by atoms with Crippen molar-refractivity contribution in [1.29, 1.82) is 0 Å². The van der Waals surface area contributed by atoms with Crippen LogP contribution in [0.2, 0.25) is 0 Å². The molecule has 1 heterocycles. The number of hydrogen-bond acceptors (Lipinski definition) is 4. The van der Waals surface area contributed by atoms with Gasteiger partial charge in [0.05, 0.1) is 12.1 Å². The molecule has 0 aromatic heterocycles. The molecule has 0 radical (unpaired) electrons. The van der Waals surface area contributed by atoms with Gasteiger partial charge in [0.15, 0.2) is 17.6 Å². The fourth-order valence-corrected chi connectivity index (χ4v) is 2.60. The van der Waals surface area contributed by atoms with Gasteiger partial charge in [-0.15, -0.1) is 0 Å². The average Bonchev–Trinajstić information content (AvgIpc) is 2.46. The number of ether oxygens (including phenoxy) is 2. The van der Waals surface area contributed by atoms with E-state index in [1.165, 1.54) is 0 Å².